The molecule has 6 heteroatoms. The summed E-state index contributed by atoms with van der Waals surface area (Å²) in [5.41, 5.74) is 4.26. The third-order valence-electron chi connectivity index (χ3n) is 4.82. The first-order valence-corrected chi connectivity index (χ1v) is 9.32. The van der Waals surface area contributed by atoms with Gasteiger partial charge in [0.1, 0.15) is 11.6 Å². The minimum Gasteiger partial charge on any atom is -0.497 e. The Hall–Kier alpha value is -3.41. The van der Waals surface area contributed by atoms with Gasteiger partial charge < -0.3 is 15.4 Å². The molecule has 1 heterocycles. The number of rotatable bonds is 5. The van der Waals surface area contributed by atoms with Gasteiger partial charge in [-0.2, -0.15) is 4.98 Å². The minimum atomic E-state index is 0.0910. The maximum Gasteiger partial charge on any atom is 0.229 e. The van der Waals surface area contributed by atoms with Crippen LogP contribution in [0.15, 0.2) is 48.5 Å². The molecule has 0 atom stereocenters. The summed E-state index contributed by atoms with van der Waals surface area (Å²) in [6.45, 7) is 2.02. The van der Waals surface area contributed by atoms with E-state index in [0.717, 1.165) is 41.2 Å². The average Bonchev–Trinajstić information content (AvgIpc) is 2.70. The van der Waals surface area contributed by atoms with E-state index in [-0.39, 0.29) is 5.78 Å². The quantitative estimate of drug-likeness (QED) is 0.668. The average molecular weight is 374 g/mol. The third-order valence-corrected chi connectivity index (χ3v) is 4.82. The van der Waals surface area contributed by atoms with E-state index in [0.29, 0.717) is 23.8 Å². The Kier molecular flexibility index (Phi) is 4.93. The lowest BCUT2D eigenvalue weighted by Crippen LogP contribution is -2.18. The summed E-state index contributed by atoms with van der Waals surface area (Å²) >= 11 is 0. The van der Waals surface area contributed by atoms with Crippen molar-refractivity contribution in [3.8, 4) is 5.75 Å². The van der Waals surface area contributed by atoms with Gasteiger partial charge in [-0.1, -0.05) is 18.2 Å². The number of hydrogen-bond donors (Lipinski definition) is 2. The summed E-state index contributed by atoms with van der Waals surface area (Å²) in [4.78, 5) is 21.8. The lowest BCUT2D eigenvalue weighted by molar-refractivity contribution is 0.0972. The van der Waals surface area contributed by atoms with Crippen LogP contribution in [0.4, 0.5) is 23.1 Å². The van der Waals surface area contributed by atoms with Gasteiger partial charge in [0.25, 0.3) is 0 Å². The van der Waals surface area contributed by atoms with Crippen molar-refractivity contribution in [2.75, 3.05) is 17.7 Å². The van der Waals surface area contributed by atoms with Crippen molar-refractivity contribution in [3.05, 3.63) is 65.4 Å². The number of fused-ring (bicyclic) bond motifs is 1. The monoisotopic (exact) mass is 374 g/mol. The van der Waals surface area contributed by atoms with Gasteiger partial charge in [-0.05, 0) is 55.7 Å². The maximum atomic E-state index is 12.6. The molecule has 0 saturated heterocycles. The smallest absolute Gasteiger partial charge is 0.229 e. The van der Waals surface area contributed by atoms with E-state index in [2.05, 4.69) is 20.6 Å². The summed E-state index contributed by atoms with van der Waals surface area (Å²) in [6.07, 6.45) is 2.11. The van der Waals surface area contributed by atoms with Crippen molar-refractivity contribution < 1.29 is 9.53 Å². The van der Waals surface area contributed by atoms with E-state index in [1.807, 2.05) is 55.5 Å². The second kappa shape index (κ2) is 7.68. The highest BCUT2D eigenvalue weighted by Gasteiger charge is 2.25. The van der Waals surface area contributed by atoms with Crippen molar-refractivity contribution in [3.63, 3.8) is 0 Å². The lowest BCUT2D eigenvalue weighted by atomic mass is 9.95. The van der Waals surface area contributed by atoms with Gasteiger partial charge in [-0.15, -0.1) is 0 Å². The predicted octanol–water partition coefficient (Wildman–Crippen LogP) is 4.80. The van der Waals surface area contributed by atoms with Crippen molar-refractivity contribution in [1.82, 2.24) is 9.97 Å². The number of nitrogens with one attached hydrogen (secondary N) is 2. The number of Topliss-reactive ketones (excluding diaryl/α,β-unsaturated/α-hetero) is 1. The Morgan fingerprint density at radius 3 is 2.50 bits per heavy atom. The van der Waals surface area contributed by atoms with Gasteiger partial charge in [-0.25, -0.2) is 4.98 Å². The number of aryl methyl sites for hydroxylation is 2. The fraction of sp³-hybridized carbons (Fsp3) is 0.227. The lowest BCUT2D eigenvalue weighted by Gasteiger charge is -2.20. The van der Waals surface area contributed by atoms with Crippen molar-refractivity contribution in [2.24, 2.45) is 0 Å². The fourth-order valence-electron chi connectivity index (χ4n) is 3.31. The van der Waals surface area contributed by atoms with Crippen LogP contribution >= 0.6 is 0 Å². The first-order chi connectivity index (χ1) is 13.6. The molecule has 0 radical (unpaired) electrons. The fourth-order valence-corrected chi connectivity index (χ4v) is 3.31. The number of methoxy groups -OCH3 is 1. The highest BCUT2D eigenvalue weighted by atomic mass is 16.5. The summed E-state index contributed by atoms with van der Waals surface area (Å²) in [6, 6.07) is 15.5. The van der Waals surface area contributed by atoms with Crippen LogP contribution in [0.3, 0.4) is 0 Å². The Morgan fingerprint density at radius 2 is 1.75 bits per heavy atom. The maximum absolute atomic E-state index is 12.6. The van der Waals surface area contributed by atoms with E-state index in [9.17, 15) is 4.79 Å². The van der Waals surface area contributed by atoms with Crippen LogP contribution in [0.2, 0.25) is 0 Å². The van der Waals surface area contributed by atoms with E-state index < -0.39 is 0 Å². The molecule has 142 valence electrons. The molecule has 0 fully saturated rings. The van der Waals surface area contributed by atoms with Crippen LogP contribution in [0.25, 0.3) is 0 Å². The molecule has 2 N–H and O–H groups in total. The van der Waals surface area contributed by atoms with E-state index in [1.165, 1.54) is 0 Å². The number of para-hydroxylation sites is 1. The third kappa shape index (κ3) is 3.67. The minimum absolute atomic E-state index is 0.0910. The molecular weight excluding hydrogens is 352 g/mol. The van der Waals surface area contributed by atoms with Crippen LogP contribution in [-0.2, 0) is 6.42 Å². The molecule has 2 aromatic carbocycles. The number of carbonyl (C=O) groups is 1. The van der Waals surface area contributed by atoms with Crippen LogP contribution in [0.5, 0.6) is 5.75 Å². The number of carbonyl (C=O) groups excluding carboxylic acids is 1. The van der Waals surface area contributed by atoms with E-state index >= 15 is 0 Å². The number of ketones is 1. The molecule has 0 aliphatic heterocycles. The molecule has 0 amide bonds. The molecule has 0 bridgehead atoms. The molecule has 0 unspecified atom stereocenters. The van der Waals surface area contributed by atoms with E-state index in [1.54, 1.807) is 7.11 Å². The Bertz CT molecular complexity index is 1020. The zero-order valence-corrected chi connectivity index (χ0v) is 16.0. The molecule has 1 aliphatic rings. The molecule has 3 aromatic rings. The van der Waals surface area contributed by atoms with Crippen LogP contribution in [0, 0.1) is 6.92 Å². The van der Waals surface area contributed by atoms with Gasteiger partial charge in [0.15, 0.2) is 5.78 Å². The SMILES string of the molecule is COc1ccc(Nc2nc3c(c(Nc4ccccc4C)n2)C(=O)CCC3)cc1. The predicted molar refractivity (Wildman–Crippen MR) is 110 cm³/mol. The molecule has 0 saturated carbocycles. The molecule has 4 rings (SSSR count). The van der Waals surface area contributed by atoms with Crippen LogP contribution in [0.1, 0.15) is 34.5 Å². The van der Waals surface area contributed by atoms with Crippen LogP contribution < -0.4 is 15.4 Å². The van der Waals surface area contributed by atoms with Gasteiger partial charge in [0, 0.05) is 17.8 Å². The molecule has 6 nitrogen and oxygen atoms in total. The molecule has 28 heavy (non-hydrogen) atoms. The largest absolute Gasteiger partial charge is 0.497 e. The molecular formula is C22H22N4O2. The number of benzene rings is 2. The van der Waals surface area contributed by atoms with Crippen molar-refractivity contribution >= 4 is 28.9 Å². The number of ether oxygens (including phenoxy) is 1. The number of aromatic nitrogens is 2. The van der Waals surface area contributed by atoms with Crippen molar-refractivity contribution in [2.45, 2.75) is 26.2 Å². The summed E-state index contributed by atoms with van der Waals surface area (Å²) < 4.78 is 5.20. The molecule has 0 spiro atoms. The highest BCUT2D eigenvalue weighted by Crippen LogP contribution is 2.30. The number of hydrogen-bond acceptors (Lipinski definition) is 6. The number of nitrogens with zero attached hydrogens (tertiary/aromatic N) is 2. The normalized spacial score (nSPS) is 13.0. The first-order valence-electron chi connectivity index (χ1n) is 9.32. The highest BCUT2D eigenvalue weighted by molar-refractivity contribution is 6.03. The Labute approximate surface area is 164 Å². The van der Waals surface area contributed by atoms with Crippen molar-refractivity contribution in [1.29, 1.82) is 0 Å². The topological polar surface area (TPSA) is 76.1 Å². The molecule has 1 aliphatic carbocycles. The molecule has 1 aromatic heterocycles. The number of anilines is 4. The summed E-state index contributed by atoms with van der Waals surface area (Å²) in [5, 5.41) is 6.58. The van der Waals surface area contributed by atoms with Gasteiger partial charge in [-0.3, -0.25) is 4.79 Å². The first kappa shape index (κ1) is 18.0. The van der Waals surface area contributed by atoms with Gasteiger partial charge in [0.2, 0.25) is 5.95 Å². The zero-order chi connectivity index (χ0) is 19.5. The second-order valence-electron chi connectivity index (χ2n) is 6.79. The Morgan fingerprint density at radius 1 is 0.964 bits per heavy atom. The standard InChI is InChI=1S/C22H22N4O2/c1-14-6-3-4-7-17(14)24-21-20-18(8-5-9-19(20)27)25-22(26-21)23-15-10-12-16(28-2)13-11-15/h3-4,6-7,10-13H,5,8-9H2,1-2H3,(H2,23,24,25,26). The summed E-state index contributed by atoms with van der Waals surface area (Å²) in [5.74, 6) is 1.90. The second-order valence-corrected chi connectivity index (χ2v) is 6.79. The Balaban J connectivity index is 1.71. The van der Waals surface area contributed by atoms with E-state index in [4.69, 9.17) is 4.74 Å². The summed E-state index contributed by atoms with van der Waals surface area (Å²) in [7, 11) is 1.63. The van der Waals surface area contributed by atoms with Gasteiger partial charge >= 0.3 is 0 Å². The van der Waals surface area contributed by atoms with Gasteiger partial charge in [0.05, 0.1) is 18.4 Å². The van der Waals surface area contributed by atoms with Crippen LogP contribution in [-0.4, -0.2) is 22.9 Å². The zero-order valence-electron chi connectivity index (χ0n) is 16.0.